The van der Waals surface area contributed by atoms with Gasteiger partial charge in [0, 0.05) is 46.4 Å². The van der Waals surface area contributed by atoms with Crippen LogP contribution in [0.3, 0.4) is 0 Å². The van der Waals surface area contributed by atoms with Gasteiger partial charge in [0.1, 0.15) is 11.4 Å². The van der Waals surface area contributed by atoms with Crippen LogP contribution >= 0.6 is 0 Å². The van der Waals surface area contributed by atoms with E-state index in [1.165, 1.54) is 6.07 Å². The minimum atomic E-state index is -1.04. The Hall–Kier alpha value is -2.41. The van der Waals surface area contributed by atoms with Crippen LogP contribution in [0.2, 0.25) is 0 Å². The van der Waals surface area contributed by atoms with Gasteiger partial charge in [-0.25, -0.2) is 4.79 Å². The van der Waals surface area contributed by atoms with Crippen LogP contribution in [0.5, 0.6) is 5.75 Å². The van der Waals surface area contributed by atoms with E-state index >= 15 is 0 Å². The van der Waals surface area contributed by atoms with Crippen LogP contribution in [-0.2, 0) is 17.8 Å². The molecule has 2 heterocycles. The number of hydrogen-bond donors (Lipinski definition) is 3. The number of amides is 1. The molecule has 5 rings (SSSR count). The fourth-order valence-corrected chi connectivity index (χ4v) is 7.33. The molecule has 7 nitrogen and oxygen atoms in total. The lowest BCUT2D eigenvalue weighted by Gasteiger charge is -2.66. The number of aromatic carboxylic acids is 1. The molecule has 2 fully saturated rings. The third-order valence-corrected chi connectivity index (χ3v) is 9.40. The van der Waals surface area contributed by atoms with E-state index in [1.807, 2.05) is 20.9 Å². The maximum atomic E-state index is 13.4. The number of carbonyl (C=O) groups is 3. The predicted octanol–water partition coefficient (Wildman–Crippen LogP) is 2.94. The first kappa shape index (κ1) is 21.4. The van der Waals surface area contributed by atoms with Gasteiger partial charge in [0.05, 0.1) is 11.6 Å². The van der Waals surface area contributed by atoms with E-state index in [1.54, 1.807) is 0 Å². The fourth-order valence-electron chi connectivity index (χ4n) is 7.33. The molecule has 4 aliphatic rings. The highest BCUT2D eigenvalue weighted by Gasteiger charge is 2.69. The Morgan fingerprint density at radius 3 is 2.59 bits per heavy atom. The summed E-state index contributed by atoms with van der Waals surface area (Å²) in [6, 6.07) is 1.18. The number of benzene rings is 1. The van der Waals surface area contributed by atoms with Crippen LogP contribution in [-0.4, -0.2) is 41.5 Å². The summed E-state index contributed by atoms with van der Waals surface area (Å²) in [5.74, 6) is -0.239. The SMILES string of the molecule is CN[C@@H]1C[C@@]23Oc4c(c(C(=O)O)cc5c4CNC5=O)C[C@]2(C)[C@@H](C)CC[C@H]3C(C)(C)C1=O. The number of Topliss-reactive ketones (excluding diaryl/α,β-unsaturated/α-hetero) is 1. The number of fused-ring (bicyclic) bond motifs is 3. The van der Waals surface area contributed by atoms with E-state index in [2.05, 4.69) is 24.5 Å². The number of carboxylic acid groups (broad SMARTS) is 1. The number of hydrogen-bond acceptors (Lipinski definition) is 5. The van der Waals surface area contributed by atoms with Gasteiger partial charge in [0.15, 0.2) is 5.78 Å². The molecular weight excluding hydrogens is 408 g/mol. The monoisotopic (exact) mass is 440 g/mol. The van der Waals surface area contributed by atoms with Crippen LogP contribution in [0.4, 0.5) is 0 Å². The first-order valence-electron chi connectivity index (χ1n) is 11.6. The molecule has 0 aromatic heterocycles. The Kier molecular flexibility index (Phi) is 4.40. The minimum Gasteiger partial charge on any atom is -0.486 e. The average Bonchev–Trinajstić information content (AvgIpc) is 3.10. The van der Waals surface area contributed by atoms with E-state index < -0.39 is 17.0 Å². The molecule has 7 heteroatoms. The molecule has 0 unspecified atom stereocenters. The lowest BCUT2D eigenvalue weighted by Crippen LogP contribution is -2.73. The standard InChI is InChI=1S/C25H32N2O5/c1-12-6-7-18-23(2,3)20(28)17(26-5)10-25(18)24(12,4)9-15-14(22(30)31)8-13-16(19(15)32-25)11-27-21(13)29/h8,12,17-18,26H,6-7,9-11H2,1-5H3,(H,27,29)(H,30,31)/t12-,17+,18-,24+,25-/m0/s1. The molecule has 1 aromatic rings. The maximum absolute atomic E-state index is 13.4. The van der Waals surface area contributed by atoms with Gasteiger partial charge in [-0.15, -0.1) is 0 Å². The highest BCUT2D eigenvalue weighted by atomic mass is 16.5. The molecule has 1 amide bonds. The average molecular weight is 441 g/mol. The Bertz CT molecular complexity index is 1060. The number of carboxylic acids is 1. The maximum Gasteiger partial charge on any atom is 0.336 e. The van der Waals surface area contributed by atoms with Gasteiger partial charge in [0.2, 0.25) is 0 Å². The summed E-state index contributed by atoms with van der Waals surface area (Å²) in [6.07, 6.45) is 2.96. The number of carbonyl (C=O) groups excluding carboxylic acids is 2. The zero-order valence-corrected chi connectivity index (χ0v) is 19.4. The number of ketones is 1. The molecule has 1 spiro atoms. The van der Waals surface area contributed by atoms with E-state index in [0.717, 1.165) is 18.4 Å². The normalized spacial score (nSPS) is 36.8. The van der Waals surface area contributed by atoms with E-state index in [9.17, 15) is 19.5 Å². The number of ether oxygens (including phenoxy) is 1. The van der Waals surface area contributed by atoms with E-state index in [4.69, 9.17) is 4.74 Å². The molecule has 1 aromatic carbocycles. The summed E-state index contributed by atoms with van der Waals surface area (Å²) in [5, 5.41) is 16.0. The minimum absolute atomic E-state index is 0.00986. The van der Waals surface area contributed by atoms with Crippen molar-refractivity contribution in [2.24, 2.45) is 22.7 Å². The zero-order valence-electron chi connectivity index (χ0n) is 19.4. The topological polar surface area (TPSA) is 105 Å². The quantitative estimate of drug-likeness (QED) is 0.653. The highest BCUT2D eigenvalue weighted by Crippen LogP contribution is 2.65. The van der Waals surface area contributed by atoms with Crippen molar-refractivity contribution in [3.63, 3.8) is 0 Å². The molecule has 0 bridgehead atoms. The van der Waals surface area contributed by atoms with Crippen molar-refractivity contribution in [3.8, 4) is 5.75 Å². The van der Waals surface area contributed by atoms with Crippen molar-refractivity contribution < 1.29 is 24.2 Å². The summed E-state index contributed by atoms with van der Waals surface area (Å²) in [5.41, 5.74) is 0.426. The van der Waals surface area contributed by atoms with Crippen LogP contribution in [0.25, 0.3) is 0 Å². The van der Waals surface area contributed by atoms with E-state index in [-0.39, 0.29) is 34.6 Å². The first-order chi connectivity index (χ1) is 15.0. The van der Waals surface area contributed by atoms with Gasteiger partial charge in [-0.05, 0) is 38.3 Å². The fraction of sp³-hybridized carbons (Fsp3) is 0.640. The van der Waals surface area contributed by atoms with Crippen molar-refractivity contribution in [3.05, 3.63) is 28.3 Å². The largest absolute Gasteiger partial charge is 0.486 e. The Labute approximate surface area is 188 Å². The summed E-state index contributed by atoms with van der Waals surface area (Å²) < 4.78 is 7.05. The second kappa shape index (κ2) is 6.56. The molecule has 2 aliphatic heterocycles. The molecule has 0 radical (unpaired) electrons. The van der Waals surface area contributed by atoms with Gasteiger partial charge in [-0.3, -0.25) is 9.59 Å². The second-order valence-electron chi connectivity index (χ2n) is 11.0. The van der Waals surface area contributed by atoms with Gasteiger partial charge in [0.25, 0.3) is 5.91 Å². The summed E-state index contributed by atoms with van der Waals surface area (Å²) in [4.78, 5) is 38.0. The first-order valence-corrected chi connectivity index (χ1v) is 11.6. The van der Waals surface area contributed by atoms with Crippen LogP contribution < -0.4 is 15.4 Å². The Morgan fingerprint density at radius 1 is 1.22 bits per heavy atom. The molecule has 0 saturated heterocycles. The number of likely N-dealkylation sites (N-methyl/N-ethyl adjacent to an activating group) is 1. The van der Waals surface area contributed by atoms with Gasteiger partial charge < -0.3 is 20.5 Å². The van der Waals surface area contributed by atoms with Crippen molar-refractivity contribution in [2.75, 3.05) is 7.05 Å². The summed E-state index contributed by atoms with van der Waals surface area (Å²) >= 11 is 0. The molecule has 2 aliphatic carbocycles. The van der Waals surface area contributed by atoms with Crippen LogP contribution in [0.15, 0.2) is 6.07 Å². The van der Waals surface area contributed by atoms with Crippen LogP contribution in [0, 0.1) is 22.7 Å². The van der Waals surface area contributed by atoms with Crippen molar-refractivity contribution in [2.45, 2.75) is 71.6 Å². The Balaban J connectivity index is 1.78. The molecular formula is C25H32N2O5. The van der Waals surface area contributed by atoms with Gasteiger partial charge in [-0.2, -0.15) is 0 Å². The molecule has 2 saturated carbocycles. The molecule has 3 N–H and O–H groups in total. The van der Waals surface area contributed by atoms with Crippen molar-refractivity contribution in [1.82, 2.24) is 10.6 Å². The second-order valence-corrected chi connectivity index (χ2v) is 11.0. The lowest BCUT2D eigenvalue weighted by atomic mass is 9.43. The molecule has 172 valence electrons. The Morgan fingerprint density at radius 2 is 1.94 bits per heavy atom. The third kappa shape index (κ3) is 2.43. The number of nitrogens with one attached hydrogen (secondary N) is 2. The van der Waals surface area contributed by atoms with Gasteiger partial charge >= 0.3 is 5.97 Å². The zero-order chi connectivity index (χ0) is 23.2. The smallest absolute Gasteiger partial charge is 0.336 e. The predicted molar refractivity (Wildman–Crippen MR) is 118 cm³/mol. The highest BCUT2D eigenvalue weighted by molar-refractivity contribution is 6.03. The van der Waals surface area contributed by atoms with E-state index in [0.29, 0.717) is 42.2 Å². The van der Waals surface area contributed by atoms with Gasteiger partial charge in [-0.1, -0.05) is 27.7 Å². The summed E-state index contributed by atoms with van der Waals surface area (Å²) in [7, 11) is 1.82. The van der Waals surface area contributed by atoms with Crippen LogP contribution in [0.1, 0.15) is 78.8 Å². The third-order valence-electron chi connectivity index (χ3n) is 9.40. The summed E-state index contributed by atoms with van der Waals surface area (Å²) in [6.45, 7) is 8.84. The molecule has 5 atom stereocenters. The van der Waals surface area contributed by atoms with Crippen molar-refractivity contribution in [1.29, 1.82) is 0 Å². The molecule has 32 heavy (non-hydrogen) atoms. The number of rotatable bonds is 2. The van der Waals surface area contributed by atoms with Crippen molar-refractivity contribution >= 4 is 17.7 Å². The lowest BCUT2D eigenvalue weighted by molar-refractivity contribution is -0.212.